The quantitative estimate of drug-likeness (QED) is 0.780. The Morgan fingerprint density at radius 1 is 1.50 bits per heavy atom. The molecule has 0 bridgehead atoms. The summed E-state index contributed by atoms with van der Waals surface area (Å²) in [4.78, 5) is 22.0. The van der Waals surface area contributed by atoms with Crippen LogP contribution >= 0.6 is 23.5 Å². The zero-order valence-corrected chi connectivity index (χ0v) is 10.9. The molecule has 2 atom stereocenters. The molecule has 1 rings (SSSR count). The van der Waals surface area contributed by atoms with Crippen LogP contribution in [-0.4, -0.2) is 45.5 Å². The van der Waals surface area contributed by atoms with E-state index in [1.807, 2.05) is 23.5 Å². The lowest BCUT2D eigenvalue weighted by Crippen LogP contribution is -2.36. The average molecular weight is 263 g/mol. The van der Waals surface area contributed by atoms with Gasteiger partial charge in [-0.1, -0.05) is 0 Å². The molecule has 6 heteroatoms. The zero-order valence-electron chi connectivity index (χ0n) is 9.27. The van der Waals surface area contributed by atoms with Gasteiger partial charge in [0.05, 0.1) is 6.42 Å². The molecule has 1 amide bonds. The average Bonchev–Trinajstić information content (AvgIpc) is 2.17. The minimum absolute atomic E-state index is 0.0156. The first-order chi connectivity index (χ1) is 7.58. The summed E-state index contributed by atoms with van der Waals surface area (Å²) in [5.41, 5.74) is 0. The van der Waals surface area contributed by atoms with Crippen molar-refractivity contribution in [1.29, 1.82) is 0 Å². The molecule has 0 saturated carbocycles. The largest absolute Gasteiger partial charge is 0.481 e. The third-order valence-electron chi connectivity index (χ3n) is 2.19. The second kappa shape index (κ2) is 7.06. The van der Waals surface area contributed by atoms with Gasteiger partial charge in [-0.25, -0.2) is 0 Å². The monoisotopic (exact) mass is 263 g/mol. The molecule has 1 saturated heterocycles. The number of hydrogen-bond acceptors (Lipinski definition) is 4. The Bertz CT molecular complexity index is 254. The summed E-state index contributed by atoms with van der Waals surface area (Å²) in [5.74, 6) is 2.38. The highest BCUT2D eigenvalue weighted by molar-refractivity contribution is 8.06. The normalized spacial score (nSPS) is 22.4. The summed E-state index contributed by atoms with van der Waals surface area (Å²) in [5, 5.41) is 11.7. The van der Waals surface area contributed by atoms with Crippen LogP contribution in [0.15, 0.2) is 0 Å². The number of hydrogen-bond donors (Lipinski definition) is 2. The lowest BCUT2D eigenvalue weighted by Gasteiger charge is -2.21. The highest BCUT2D eigenvalue weighted by Crippen LogP contribution is 2.26. The van der Waals surface area contributed by atoms with E-state index in [2.05, 4.69) is 5.32 Å². The van der Waals surface area contributed by atoms with Gasteiger partial charge in [0.25, 0.3) is 0 Å². The maximum absolute atomic E-state index is 11.6. The first kappa shape index (κ1) is 13.7. The smallest absolute Gasteiger partial charge is 0.305 e. The van der Waals surface area contributed by atoms with Crippen LogP contribution in [0.3, 0.4) is 0 Å². The van der Waals surface area contributed by atoms with E-state index >= 15 is 0 Å². The first-order valence-electron chi connectivity index (χ1n) is 5.28. The van der Waals surface area contributed by atoms with E-state index in [0.717, 1.165) is 17.3 Å². The van der Waals surface area contributed by atoms with Gasteiger partial charge in [-0.15, -0.1) is 0 Å². The fourth-order valence-electron chi connectivity index (χ4n) is 1.51. The van der Waals surface area contributed by atoms with E-state index in [1.54, 1.807) is 6.92 Å². The molecular weight excluding hydrogens is 246 g/mol. The van der Waals surface area contributed by atoms with Crippen molar-refractivity contribution in [2.75, 3.05) is 17.3 Å². The molecule has 16 heavy (non-hydrogen) atoms. The summed E-state index contributed by atoms with van der Waals surface area (Å²) in [6.45, 7) is 1.72. The zero-order chi connectivity index (χ0) is 12.0. The number of carboxylic acid groups (broad SMARTS) is 1. The highest BCUT2D eigenvalue weighted by Gasteiger charge is 2.19. The van der Waals surface area contributed by atoms with Gasteiger partial charge < -0.3 is 10.4 Å². The number of carboxylic acids is 1. The van der Waals surface area contributed by atoms with Crippen LogP contribution in [0.2, 0.25) is 0 Å². The number of thioether (sulfide) groups is 2. The van der Waals surface area contributed by atoms with Gasteiger partial charge in [0.15, 0.2) is 0 Å². The number of amides is 1. The van der Waals surface area contributed by atoms with Gasteiger partial charge in [-0.05, 0) is 6.92 Å². The van der Waals surface area contributed by atoms with E-state index in [4.69, 9.17) is 5.11 Å². The molecule has 1 heterocycles. The molecule has 0 aliphatic carbocycles. The summed E-state index contributed by atoms with van der Waals surface area (Å²) in [6, 6.07) is -0.286. The van der Waals surface area contributed by atoms with E-state index in [9.17, 15) is 9.59 Å². The number of aliphatic carboxylic acids is 1. The van der Waals surface area contributed by atoms with Crippen LogP contribution in [-0.2, 0) is 9.59 Å². The molecule has 0 spiro atoms. The van der Waals surface area contributed by atoms with Crippen LogP contribution in [0.5, 0.6) is 0 Å². The molecular formula is C10H17NO3S2. The van der Waals surface area contributed by atoms with Crippen LogP contribution < -0.4 is 5.32 Å². The summed E-state index contributed by atoms with van der Waals surface area (Å²) >= 11 is 3.71. The van der Waals surface area contributed by atoms with Crippen molar-refractivity contribution >= 4 is 35.4 Å². The van der Waals surface area contributed by atoms with Gasteiger partial charge in [0.1, 0.15) is 0 Å². The topological polar surface area (TPSA) is 66.4 Å². The molecule has 4 nitrogen and oxygen atoms in total. The fraction of sp³-hybridized carbons (Fsp3) is 0.800. The molecule has 1 fully saturated rings. The Morgan fingerprint density at radius 2 is 2.25 bits per heavy atom. The third-order valence-corrected chi connectivity index (χ3v) is 5.03. The first-order valence-corrected chi connectivity index (χ1v) is 7.48. The van der Waals surface area contributed by atoms with Crippen molar-refractivity contribution in [3.63, 3.8) is 0 Å². The van der Waals surface area contributed by atoms with Crippen molar-refractivity contribution in [3.05, 3.63) is 0 Å². The Hall–Kier alpha value is -0.360. The summed E-state index contributed by atoms with van der Waals surface area (Å²) in [6.07, 6.45) is 0.486. The van der Waals surface area contributed by atoms with Gasteiger partial charge in [-0.3, -0.25) is 9.59 Å². The number of nitrogens with one attached hydrogen (secondary N) is 1. The minimum Gasteiger partial charge on any atom is -0.481 e. The van der Waals surface area contributed by atoms with Crippen LogP contribution in [0.25, 0.3) is 0 Å². The van der Waals surface area contributed by atoms with Gasteiger partial charge in [0, 0.05) is 35.0 Å². The fourth-order valence-corrected chi connectivity index (χ4v) is 4.19. The Labute approximate surface area is 104 Å². The van der Waals surface area contributed by atoms with Gasteiger partial charge in [0.2, 0.25) is 5.91 Å². The van der Waals surface area contributed by atoms with E-state index < -0.39 is 5.97 Å². The van der Waals surface area contributed by atoms with E-state index in [1.165, 1.54) is 0 Å². The molecule has 92 valence electrons. The Morgan fingerprint density at radius 3 is 2.81 bits per heavy atom. The van der Waals surface area contributed by atoms with Crippen molar-refractivity contribution in [3.8, 4) is 0 Å². The predicted octanol–water partition coefficient (Wildman–Crippen LogP) is 1.20. The summed E-state index contributed by atoms with van der Waals surface area (Å²) < 4.78 is 0. The second-order valence-electron chi connectivity index (χ2n) is 3.84. The maximum atomic E-state index is 11.6. The summed E-state index contributed by atoms with van der Waals surface area (Å²) in [7, 11) is 0. The Balaban J connectivity index is 2.21. The molecule has 1 aliphatic heterocycles. The molecule has 0 aromatic rings. The van der Waals surface area contributed by atoms with Crippen molar-refractivity contribution in [2.24, 2.45) is 0 Å². The molecule has 1 aliphatic rings. The minimum atomic E-state index is -0.879. The van der Waals surface area contributed by atoms with Gasteiger partial charge >= 0.3 is 5.97 Å². The van der Waals surface area contributed by atoms with Crippen molar-refractivity contribution in [1.82, 2.24) is 5.32 Å². The molecule has 2 N–H and O–H groups in total. The number of carbonyl (C=O) groups is 2. The second-order valence-corrected chi connectivity index (χ2v) is 6.40. The highest BCUT2D eigenvalue weighted by atomic mass is 32.2. The standard InChI is InChI=1S/C10H17NO3S2/c1-7(4-10(13)14)11-9(12)5-8-6-15-2-3-16-8/h7-8H,2-6H2,1H3,(H,11,12)(H,13,14). The lowest BCUT2D eigenvalue weighted by molar-refractivity contribution is -0.137. The molecule has 0 radical (unpaired) electrons. The predicted molar refractivity (Wildman–Crippen MR) is 68.0 cm³/mol. The molecule has 0 aromatic carbocycles. The van der Waals surface area contributed by atoms with Crippen LogP contribution in [0.1, 0.15) is 19.8 Å². The van der Waals surface area contributed by atoms with Crippen molar-refractivity contribution < 1.29 is 14.7 Å². The lowest BCUT2D eigenvalue weighted by atomic mass is 10.2. The van der Waals surface area contributed by atoms with Gasteiger partial charge in [-0.2, -0.15) is 23.5 Å². The Kier molecular flexibility index (Phi) is 6.05. The van der Waals surface area contributed by atoms with E-state index in [-0.39, 0.29) is 18.4 Å². The number of rotatable bonds is 5. The SMILES string of the molecule is CC(CC(=O)O)NC(=O)CC1CSCCS1. The van der Waals surface area contributed by atoms with Crippen molar-refractivity contribution in [2.45, 2.75) is 31.1 Å². The van der Waals surface area contributed by atoms with Crippen LogP contribution in [0.4, 0.5) is 0 Å². The molecule has 0 aromatic heterocycles. The third kappa shape index (κ3) is 5.65. The molecule has 2 unspecified atom stereocenters. The van der Waals surface area contributed by atoms with Crippen LogP contribution in [0, 0.1) is 0 Å². The number of carbonyl (C=O) groups excluding carboxylic acids is 1. The van der Waals surface area contributed by atoms with E-state index in [0.29, 0.717) is 11.7 Å². The maximum Gasteiger partial charge on any atom is 0.305 e.